The van der Waals surface area contributed by atoms with E-state index in [1.807, 2.05) is 72.9 Å². The molecule has 0 bridgehead atoms. The summed E-state index contributed by atoms with van der Waals surface area (Å²) in [6, 6.07) is 47.4. The van der Waals surface area contributed by atoms with E-state index >= 15 is 0 Å². The third-order valence-corrected chi connectivity index (χ3v) is 8.55. The summed E-state index contributed by atoms with van der Waals surface area (Å²) < 4.78 is 2.30. The first-order chi connectivity index (χ1) is 24.3. The number of pyridine rings is 1. The van der Waals surface area contributed by atoms with Gasteiger partial charge in [0.2, 0.25) is 0 Å². The fraction of sp³-hybridized carbons (Fsp3) is 0.196. The molecule has 0 saturated heterocycles. The molecule has 0 amide bonds. The number of benzene rings is 5. The maximum Gasteiger partial charge on any atom is 0.187 e. The molecule has 0 aliphatic heterocycles. The molecule has 0 aliphatic carbocycles. The average molecular weight is 843 g/mol. The van der Waals surface area contributed by atoms with Crippen LogP contribution < -0.4 is 0 Å². The molecule has 1 radical (unpaired) electrons. The predicted molar refractivity (Wildman–Crippen MR) is 207 cm³/mol. The van der Waals surface area contributed by atoms with Crippen LogP contribution in [0.15, 0.2) is 128 Å². The van der Waals surface area contributed by atoms with Crippen LogP contribution in [0.2, 0.25) is 0 Å². The summed E-state index contributed by atoms with van der Waals surface area (Å²) in [5, 5.41) is 0. The molecule has 0 atom stereocenters. The molecule has 0 N–H and O–H groups in total. The maximum atomic E-state index is 7.66. The van der Waals surface area contributed by atoms with E-state index in [1.165, 1.54) is 33.5 Å². The Hall–Kier alpha value is -5.14. The first-order valence-electron chi connectivity index (χ1n) is 17.3. The first kappa shape index (κ1) is 37.1. The number of aromatic nitrogens is 3. The second-order valence-corrected chi connectivity index (χ2v) is 13.5. The van der Waals surface area contributed by atoms with Crippen molar-refractivity contribution in [1.82, 2.24) is 14.5 Å². The van der Waals surface area contributed by atoms with E-state index in [0.717, 1.165) is 46.5 Å². The van der Waals surface area contributed by atoms with Crippen LogP contribution in [0.5, 0.6) is 0 Å². The smallest absolute Gasteiger partial charge is 0.187 e. The molecule has 0 aliphatic rings. The van der Waals surface area contributed by atoms with Crippen LogP contribution in [0.1, 0.15) is 44.4 Å². The molecular formula is C46H42IrN4-2. The van der Waals surface area contributed by atoms with E-state index in [4.69, 9.17) is 11.6 Å². The Labute approximate surface area is 316 Å². The quantitative estimate of drug-likeness (QED) is 0.143. The molecular weight excluding hydrogens is 801 g/mol. The van der Waals surface area contributed by atoms with E-state index in [9.17, 15) is 0 Å². The Morgan fingerprint density at radius 2 is 1.31 bits per heavy atom. The van der Waals surface area contributed by atoms with Crippen molar-refractivity contribution in [2.75, 3.05) is 0 Å². The normalized spacial score (nSPS) is 10.8. The van der Waals surface area contributed by atoms with Gasteiger partial charge in [0.25, 0.3) is 0 Å². The van der Waals surface area contributed by atoms with Gasteiger partial charge in [-0.2, -0.15) is 0 Å². The average Bonchev–Trinajstić information content (AvgIpc) is 3.51. The Morgan fingerprint density at radius 3 is 1.88 bits per heavy atom. The van der Waals surface area contributed by atoms with Crippen molar-refractivity contribution in [2.45, 2.75) is 47.5 Å². The number of hydrogen-bond donors (Lipinski definition) is 0. The van der Waals surface area contributed by atoms with Crippen molar-refractivity contribution < 1.29 is 20.1 Å². The molecule has 0 saturated carbocycles. The summed E-state index contributed by atoms with van der Waals surface area (Å²) in [5.41, 5.74) is 12.9. The number of para-hydroxylation sites is 2. The van der Waals surface area contributed by atoms with Gasteiger partial charge >= 0.3 is 0 Å². The van der Waals surface area contributed by atoms with Crippen LogP contribution in [0.3, 0.4) is 0 Å². The van der Waals surface area contributed by atoms with Gasteiger partial charge in [-0.05, 0) is 71.7 Å². The monoisotopic (exact) mass is 843 g/mol. The Balaban J connectivity index is 0.000000216. The van der Waals surface area contributed by atoms with E-state index in [1.54, 1.807) is 0 Å². The minimum atomic E-state index is 0. The second kappa shape index (κ2) is 17.2. The van der Waals surface area contributed by atoms with Gasteiger partial charge in [0, 0.05) is 37.6 Å². The van der Waals surface area contributed by atoms with Crippen LogP contribution in [0.25, 0.3) is 55.3 Å². The summed E-state index contributed by atoms with van der Waals surface area (Å²) in [6.45, 7) is 18.7. The topological polar surface area (TPSA) is 35.1 Å². The molecule has 2 aromatic heterocycles. The molecule has 7 aromatic rings. The standard InChI is InChI=1S/C28H28N3.C18H14N.Ir/c1-19(2)15-22-17-24(29-5)18-23(16-20(3)4)27(22)31-26-14-10-9-13-25(26)30-28(31)21-11-7-6-8-12-21;1-14-12-18(16-10-6-3-7-11-16)19-13-17(14)15-8-4-2-5-9-15;/h6-11,13-14,17-20H,15-16H2,1-4H3;2-10,12-13H,1H3;/q2*-1;. The van der Waals surface area contributed by atoms with Crippen molar-refractivity contribution in [3.63, 3.8) is 0 Å². The van der Waals surface area contributed by atoms with Crippen molar-refractivity contribution in [2.24, 2.45) is 11.8 Å². The van der Waals surface area contributed by atoms with Gasteiger partial charge < -0.3 is 9.55 Å². The van der Waals surface area contributed by atoms with Gasteiger partial charge in [-0.3, -0.25) is 4.98 Å². The van der Waals surface area contributed by atoms with Crippen molar-refractivity contribution in [3.8, 4) is 39.5 Å². The zero-order valence-corrected chi connectivity index (χ0v) is 32.2. The van der Waals surface area contributed by atoms with Crippen LogP contribution in [-0.4, -0.2) is 14.5 Å². The van der Waals surface area contributed by atoms with Gasteiger partial charge in [0.15, 0.2) is 5.69 Å². The molecule has 5 aromatic carbocycles. The van der Waals surface area contributed by atoms with Gasteiger partial charge in [-0.25, -0.2) is 4.85 Å². The van der Waals surface area contributed by atoms with E-state index in [0.29, 0.717) is 17.5 Å². The van der Waals surface area contributed by atoms with Crippen LogP contribution in [0, 0.1) is 37.5 Å². The summed E-state index contributed by atoms with van der Waals surface area (Å²) in [4.78, 5) is 13.4. The van der Waals surface area contributed by atoms with Gasteiger partial charge in [-0.15, -0.1) is 71.8 Å². The minimum Gasteiger partial charge on any atom is -0.333 e. The van der Waals surface area contributed by atoms with Crippen LogP contribution in [-0.2, 0) is 32.9 Å². The molecule has 0 fully saturated rings. The number of aryl methyl sites for hydroxylation is 1. The first-order valence-corrected chi connectivity index (χ1v) is 17.3. The van der Waals surface area contributed by atoms with E-state index < -0.39 is 0 Å². The zero-order chi connectivity index (χ0) is 35.0. The molecule has 0 unspecified atom stereocenters. The number of fused-ring (bicyclic) bond motifs is 1. The van der Waals surface area contributed by atoms with Crippen LogP contribution >= 0.6 is 0 Å². The third kappa shape index (κ3) is 8.78. The van der Waals surface area contributed by atoms with Crippen LogP contribution in [0.4, 0.5) is 5.69 Å². The molecule has 257 valence electrons. The number of hydrogen-bond acceptors (Lipinski definition) is 2. The second-order valence-electron chi connectivity index (χ2n) is 13.5. The Kier molecular flexibility index (Phi) is 12.5. The van der Waals surface area contributed by atoms with Gasteiger partial charge in [-0.1, -0.05) is 88.4 Å². The molecule has 4 nitrogen and oxygen atoms in total. The summed E-state index contributed by atoms with van der Waals surface area (Å²) in [5.74, 6) is 1.86. The Bertz CT molecular complexity index is 2200. The third-order valence-electron chi connectivity index (χ3n) is 8.55. The molecule has 5 heteroatoms. The number of nitrogens with zero attached hydrogens (tertiary/aromatic N) is 4. The number of imidazole rings is 1. The van der Waals surface area contributed by atoms with Crippen molar-refractivity contribution >= 4 is 16.7 Å². The predicted octanol–water partition coefficient (Wildman–Crippen LogP) is 12.0. The number of rotatable bonds is 8. The molecule has 51 heavy (non-hydrogen) atoms. The van der Waals surface area contributed by atoms with Gasteiger partial charge in [0.1, 0.15) is 0 Å². The van der Waals surface area contributed by atoms with E-state index in [-0.39, 0.29) is 20.1 Å². The Morgan fingerprint density at radius 1 is 0.725 bits per heavy atom. The zero-order valence-electron chi connectivity index (χ0n) is 29.8. The molecule has 7 rings (SSSR count). The fourth-order valence-electron chi connectivity index (χ4n) is 6.43. The van der Waals surface area contributed by atoms with E-state index in [2.05, 4.69) is 116 Å². The van der Waals surface area contributed by atoms with Gasteiger partial charge in [0.05, 0.1) is 23.4 Å². The molecule has 0 spiro atoms. The minimum absolute atomic E-state index is 0. The van der Waals surface area contributed by atoms with Crippen molar-refractivity contribution in [1.29, 1.82) is 0 Å². The maximum absolute atomic E-state index is 7.66. The largest absolute Gasteiger partial charge is 0.333 e. The summed E-state index contributed by atoms with van der Waals surface area (Å²) in [7, 11) is 0. The molecule has 2 heterocycles. The summed E-state index contributed by atoms with van der Waals surface area (Å²) >= 11 is 0. The summed E-state index contributed by atoms with van der Waals surface area (Å²) in [6.07, 6.45) is 3.77. The van der Waals surface area contributed by atoms with Crippen molar-refractivity contribution in [3.05, 3.63) is 168 Å². The fourth-order valence-corrected chi connectivity index (χ4v) is 6.43. The SMILES string of the molecule is Cc1cc(-c2[c-]cccc2)ncc1-c1ccccc1.[C-]#[N+]c1cc(CC(C)C)c(-n2c(-c3[c-]cccc3)nc3ccccc32)c(CC(C)C)c1.[Ir].